The van der Waals surface area contributed by atoms with Crippen molar-refractivity contribution >= 4 is 33.2 Å². The van der Waals surface area contributed by atoms with E-state index in [1.165, 1.54) is 36.5 Å². The molecule has 0 aliphatic heterocycles. The molecule has 8 nitrogen and oxygen atoms in total. The van der Waals surface area contributed by atoms with E-state index in [2.05, 4.69) is 15.0 Å². The number of allylic oxidation sites excluding steroid dienone is 2. The van der Waals surface area contributed by atoms with E-state index >= 15 is 0 Å². The lowest BCUT2D eigenvalue weighted by molar-refractivity contribution is 0.0922. The van der Waals surface area contributed by atoms with Crippen molar-refractivity contribution in [1.29, 1.82) is 0 Å². The summed E-state index contributed by atoms with van der Waals surface area (Å²) in [6.45, 7) is 0. The molecule has 0 bridgehead atoms. The molecule has 2 N–H and O–H groups in total. The number of hydrogen-bond donors (Lipinski definition) is 2. The Labute approximate surface area is 149 Å². The van der Waals surface area contributed by atoms with E-state index in [9.17, 15) is 22.8 Å². The number of ketones is 2. The second-order valence-corrected chi connectivity index (χ2v) is 7.31. The normalized spacial score (nSPS) is 13.7. The summed E-state index contributed by atoms with van der Waals surface area (Å²) in [5, 5.41) is 2.38. The van der Waals surface area contributed by atoms with E-state index in [-0.39, 0.29) is 28.2 Å². The Bertz CT molecular complexity index is 1070. The Morgan fingerprint density at radius 3 is 2.62 bits per heavy atom. The van der Waals surface area contributed by atoms with Crippen LogP contribution in [0.5, 0.6) is 0 Å². The predicted octanol–water partition coefficient (Wildman–Crippen LogP) is 1.15. The molecule has 0 atom stereocenters. The number of sulfonamides is 1. The van der Waals surface area contributed by atoms with Crippen molar-refractivity contribution < 1.29 is 22.8 Å². The van der Waals surface area contributed by atoms with Gasteiger partial charge in [-0.2, -0.15) is 0 Å². The second kappa shape index (κ2) is 6.52. The van der Waals surface area contributed by atoms with E-state index in [0.29, 0.717) is 0 Å². The largest absolute Gasteiger partial charge is 0.318 e. The highest BCUT2D eigenvalue weighted by atomic mass is 32.2. The van der Waals surface area contributed by atoms with Gasteiger partial charge in [0.1, 0.15) is 5.69 Å². The SMILES string of the molecule is CS(=O)(=O)Nc1cccc(C(=O)NC2=CC(=O)c3cccnc3C2=O)c1. The number of nitrogens with zero attached hydrogens (tertiary/aromatic N) is 1. The molecule has 1 aromatic heterocycles. The van der Waals surface area contributed by atoms with Gasteiger partial charge in [-0.1, -0.05) is 6.07 Å². The van der Waals surface area contributed by atoms with Gasteiger partial charge in [0.25, 0.3) is 5.91 Å². The summed E-state index contributed by atoms with van der Waals surface area (Å²) < 4.78 is 24.8. The van der Waals surface area contributed by atoms with Gasteiger partial charge in [-0.3, -0.25) is 24.1 Å². The van der Waals surface area contributed by atoms with Crippen LogP contribution >= 0.6 is 0 Å². The van der Waals surface area contributed by atoms with Gasteiger partial charge in [0.05, 0.1) is 17.5 Å². The van der Waals surface area contributed by atoms with Crippen LogP contribution in [0.15, 0.2) is 54.4 Å². The van der Waals surface area contributed by atoms with Crippen LogP contribution in [0, 0.1) is 0 Å². The van der Waals surface area contributed by atoms with Crippen LogP contribution in [0.4, 0.5) is 5.69 Å². The third kappa shape index (κ3) is 3.67. The number of benzene rings is 1. The van der Waals surface area contributed by atoms with Crippen molar-refractivity contribution in [2.75, 3.05) is 11.0 Å². The smallest absolute Gasteiger partial charge is 0.255 e. The van der Waals surface area contributed by atoms with Crippen LogP contribution in [-0.2, 0) is 10.0 Å². The van der Waals surface area contributed by atoms with Crippen LogP contribution < -0.4 is 10.0 Å². The minimum Gasteiger partial charge on any atom is -0.318 e. The lowest BCUT2D eigenvalue weighted by Crippen LogP contribution is -2.32. The third-order valence-corrected chi connectivity index (χ3v) is 4.09. The average Bonchev–Trinajstić information content (AvgIpc) is 2.58. The van der Waals surface area contributed by atoms with Gasteiger partial charge < -0.3 is 5.32 Å². The molecule has 0 spiro atoms. The standard InChI is InChI=1S/C17H13N3O5S/c1-26(24,25)20-11-5-2-4-10(8-11)17(23)19-13-9-14(21)12-6-3-7-18-15(12)16(13)22/h2-9,20H,1H3,(H,19,23). The first-order chi connectivity index (χ1) is 12.2. The Morgan fingerprint density at radius 1 is 1.12 bits per heavy atom. The van der Waals surface area contributed by atoms with E-state index < -0.39 is 27.5 Å². The lowest BCUT2D eigenvalue weighted by Gasteiger charge is -2.15. The maximum Gasteiger partial charge on any atom is 0.255 e. The summed E-state index contributed by atoms with van der Waals surface area (Å²) in [5.41, 5.74) is 0.282. The van der Waals surface area contributed by atoms with E-state index in [1.807, 2.05) is 0 Å². The molecule has 1 aliphatic carbocycles. The predicted molar refractivity (Wildman–Crippen MR) is 93.4 cm³/mol. The molecular weight excluding hydrogens is 358 g/mol. The first-order valence-electron chi connectivity index (χ1n) is 7.39. The fourth-order valence-electron chi connectivity index (χ4n) is 2.41. The zero-order valence-electron chi connectivity index (χ0n) is 13.5. The molecule has 0 radical (unpaired) electrons. The number of anilines is 1. The number of aromatic nitrogens is 1. The quantitative estimate of drug-likeness (QED) is 0.831. The second-order valence-electron chi connectivity index (χ2n) is 5.56. The van der Waals surface area contributed by atoms with Crippen molar-refractivity contribution in [3.63, 3.8) is 0 Å². The average molecular weight is 371 g/mol. The fraction of sp³-hybridized carbons (Fsp3) is 0.0588. The molecule has 2 aromatic rings. The van der Waals surface area contributed by atoms with Crippen molar-refractivity contribution in [3.05, 3.63) is 71.2 Å². The maximum absolute atomic E-state index is 12.4. The van der Waals surface area contributed by atoms with E-state index in [4.69, 9.17) is 0 Å². The summed E-state index contributed by atoms with van der Waals surface area (Å²) in [6.07, 6.45) is 3.42. The van der Waals surface area contributed by atoms with Crippen LogP contribution in [0.2, 0.25) is 0 Å². The molecule has 3 rings (SSSR count). The maximum atomic E-state index is 12.4. The minimum atomic E-state index is -3.50. The van der Waals surface area contributed by atoms with E-state index in [0.717, 1.165) is 12.3 Å². The summed E-state index contributed by atoms with van der Waals surface area (Å²) in [5.74, 6) is -1.66. The molecule has 26 heavy (non-hydrogen) atoms. The van der Waals surface area contributed by atoms with Crippen LogP contribution in [0.1, 0.15) is 31.2 Å². The molecular formula is C17H13N3O5S. The summed E-state index contributed by atoms with van der Waals surface area (Å²) >= 11 is 0. The highest BCUT2D eigenvalue weighted by molar-refractivity contribution is 7.92. The van der Waals surface area contributed by atoms with Crippen molar-refractivity contribution in [1.82, 2.24) is 10.3 Å². The number of fused-ring (bicyclic) bond motifs is 1. The minimum absolute atomic E-state index is 0.0252. The molecule has 9 heteroatoms. The Kier molecular flexibility index (Phi) is 4.39. The Morgan fingerprint density at radius 2 is 1.88 bits per heavy atom. The summed E-state index contributed by atoms with van der Waals surface area (Å²) in [6, 6.07) is 8.76. The number of carbonyl (C=O) groups is 3. The number of amides is 1. The van der Waals surface area contributed by atoms with E-state index in [1.54, 1.807) is 6.07 Å². The van der Waals surface area contributed by atoms with Gasteiger partial charge in [-0.25, -0.2) is 8.42 Å². The topological polar surface area (TPSA) is 122 Å². The molecule has 0 fully saturated rings. The van der Waals surface area contributed by atoms with Gasteiger partial charge in [-0.15, -0.1) is 0 Å². The summed E-state index contributed by atoms with van der Waals surface area (Å²) in [7, 11) is -3.50. The Hall–Kier alpha value is -3.33. The number of Topliss-reactive ketones (excluding diaryl/α,β-unsaturated/α-hetero) is 1. The summed E-state index contributed by atoms with van der Waals surface area (Å²) in [4.78, 5) is 40.7. The van der Waals surface area contributed by atoms with Gasteiger partial charge in [0, 0.05) is 23.5 Å². The zero-order valence-corrected chi connectivity index (χ0v) is 14.3. The number of hydrogen-bond acceptors (Lipinski definition) is 6. The van der Waals surface area contributed by atoms with Gasteiger partial charge >= 0.3 is 0 Å². The highest BCUT2D eigenvalue weighted by Crippen LogP contribution is 2.18. The van der Waals surface area contributed by atoms with Gasteiger partial charge in [0.2, 0.25) is 15.8 Å². The van der Waals surface area contributed by atoms with Crippen LogP contribution in [-0.4, -0.2) is 37.1 Å². The highest BCUT2D eigenvalue weighted by Gasteiger charge is 2.27. The molecule has 1 amide bonds. The molecule has 0 saturated heterocycles. The third-order valence-electron chi connectivity index (χ3n) is 3.48. The monoisotopic (exact) mass is 371 g/mol. The van der Waals surface area contributed by atoms with Crippen LogP contribution in [0.25, 0.3) is 0 Å². The van der Waals surface area contributed by atoms with Crippen molar-refractivity contribution in [2.45, 2.75) is 0 Å². The zero-order chi connectivity index (χ0) is 18.9. The first kappa shape index (κ1) is 17.5. The Balaban J connectivity index is 1.84. The molecule has 132 valence electrons. The van der Waals surface area contributed by atoms with Crippen molar-refractivity contribution in [3.8, 4) is 0 Å². The lowest BCUT2D eigenvalue weighted by atomic mass is 9.97. The number of nitrogens with one attached hydrogen (secondary N) is 2. The molecule has 1 aromatic carbocycles. The van der Waals surface area contributed by atoms with Gasteiger partial charge in [-0.05, 0) is 30.3 Å². The molecule has 1 heterocycles. The number of pyridine rings is 1. The van der Waals surface area contributed by atoms with Gasteiger partial charge in [0.15, 0.2) is 5.78 Å². The molecule has 0 unspecified atom stereocenters. The number of rotatable bonds is 4. The van der Waals surface area contributed by atoms with Crippen LogP contribution in [0.3, 0.4) is 0 Å². The molecule has 0 saturated carbocycles. The number of carbonyl (C=O) groups excluding carboxylic acids is 3. The van der Waals surface area contributed by atoms with Crippen molar-refractivity contribution in [2.24, 2.45) is 0 Å². The fourth-order valence-corrected chi connectivity index (χ4v) is 2.97. The first-order valence-corrected chi connectivity index (χ1v) is 9.29. The molecule has 1 aliphatic rings.